The average Bonchev–Trinajstić information content (AvgIpc) is 2.81. The summed E-state index contributed by atoms with van der Waals surface area (Å²) in [6.45, 7) is 0.741. The Morgan fingerprint density at radius 1 is 1.50 bits per heavy atom. The topological polar surface area (TPSA) is 83.8 Å². The summed E-state index contributed by atoms with van der Waals surface area (Å²) in [7, 11) is 0. The third kappa shape index (κ3) is 2.82. The Hall–Kier alpha value is -1.36. The van der Waals surface area contributed by atoms with Crippen molar-refractivity contribution in [3.05, 3.63) is 18.0 Å². The molecule has 4 N–H and O–H groups in total. The molecule has 0 saturated heterocycles. The fraction of sp³-hybridized carbons (Fsp3) is 0.636. The molecule has 1 heterocycles. The van der Waals surface area contributed by atoms with E-state index in [0.717, 1.165) is 32.2 Å². The quantitative estimate of drug-likeness (QED) is 0.702. The zero-order chi connectivity index (χ0) is 11.4. The standard InChI is InChI=1S/C11H18N4O/c12-9-3-1-8(2-4-9)7-13-11(16)10-5-6-14-15-10/h5-6,8-9H,1-4,7,12H2,(H,13,16)(H,14,15). The summed E-state index contributed by atoms with van der Waals surface area (Å²) in [5, 5.41) is 9.31. The zero-order valence-corrected chi connectivity index (χ0v) is 9.28. The SMILES string of the molecule is NC1CCC(CNC(=O)c2ccn[nH]2)CC1. The lowest BCUT2D eigenvalue weighted by molar-refractivity contribution is 0.0938. The number of carbonyl (C=O) groups is 1. The van der Waals surface area contributed by atoms with Gasteiger partial charge in [-0.25, -0.2) is 0 Å². The zero-order valence-electron chi connectivity index (χ0n) is 9.28. The molecule has 1 fully saturated rings. The van der Waals surface area contributed by atoms with E-state index in [1.165, 1.54) is 0 Å². The van der Waals surface area contributed by atoms with Crippen LogP contribution in [0.3, 0.4) is 0 Å². The van der Waals surface area contributed by atoms with Crippen molar-refractivity contribution in [3.8, 4) is 0 Å². The summed E-state index contributed by atoms with van der Waals surface area (Å²) in [4.78, 5) is 11.6. The lowest BCUT2D eigenvalue weighted by atomic mass is 9.86. The number of carbonyl (C=O) groups excluding carboxylic acids is 1. The molecule has 0 bridgehead atoms. The summed E-state index contributed by atoms with van der Waals surface area (Å²) < 4.78 is 0. The Morgan fingerprint density at radius 3 is 2.88 bits per heavy atom. The van der Waals surface area contributed by atoms with E-state index in [-0.39, 0.29) is 5.91 Å². The lowest BCUT2D eigenvalue weighted by Crippen LogP contribution is -2.34. The van der Waals surface area contributed by atoms with E-state index < -0.39 is 0 Å². The van der Waals surface area contributed by atoms with E-state index in [0.29, 0.717) is 17.7 Å². The van der Waals surface area contributed by atoms with Gasteiger partial charge in [-0.3, -0.25) is 9.89 Å². The van der Waals surface area contributed by atoms with Crippen LogP contribution in [0.5, 0.6) is 0 Å². The van der Waals surface area contributed by atoms with Crippen molar-refractivity contribution in [3.63, 3.8) is 0 Å². The summed E-state index contributed by atoms with van der Waals surface area (Å²) in [5.41, 5.74) is 6.35. The van der Waals surface area contributed by atoms with Gasteiger partial charge in [-0.05, 0) is 37.7 Å². The van der Waals surface area contributed by atoms with Crippen LogP contribution in [0, 0.1) is 5.92 Å². The summed E-state index contributed by atoms with van der Waals surface area (Å²) in [6, 6.07) is 2.03. The smallest absolute Gasteiger partial charge is 0.269 e. The largest absolute Gasteiger partial charge is 0.350 e. The molecule has 0 spiro atoms. The van der Waals surface area contributed by atoms with Gasteiger partial charge in [-0.15, -0.1) is 0 Å². The van der Waals surface area contributed by atoms with Crippen LogP contribution in [0.15, 0.2) is 12.3 Å². The van der Waals surface area contributed by atoms with Gasteiger partial charge in [0.25, 0.3) is 5.91 Å². The predicted octanol–water partition coefficient (Wildman–Crippen LogP) is 0.657. The van der Waals surface area contributed by atoms with Crippen molar-refractivity contribution in [1.29, 1.82) is 0 Å². The van der Waals surface area contributed by atoms with Crippen molar-refractivity contribution < 1.29 is 4.79 Å². The van der Waals surface area contributed by atoms with Gasteiger partial charge < -0.3 is 11.1 Å². The maximum absolute atomic E-state index is 11.6. The van der Waals surface area contributed by atoms with Gasteiger partial charge in [0.05, 0.1) is 0 Å². The Kier molecular flexibility index (Phi) is 3.56. The molecule has 0 aromatic carbocycles. The Morgan fingerprint density at radius 2 is 2.25 bits per heavy atom. The molecule has 88 valence electrons. The normalized spacial score (nSPS) is 25.3. The van der Waals surface area contributed by atoms with E-state index in [9.17, 15) is 4.79 Å². The van der Waals surface area contributed by atoms with Crippen LogP contribution in [0.1, 0.15) is 36.2 Å². The van der Waals surface area contributed by atoms with Crippen molar-refractivity contribution >= 4 is 5.91 Å². The molecule has 2 rings (SSSR count). The highest BCUT2D eigenvalue weighted by Gasteiger charge is 2.19. The first-order chi connectivity index (χ1) is 7.75. The number of H-pyrrole nitrogens is 1. The molecule has 1 amide bonds. The maximum Gasteiger partial charge on any atom is 0.269 e. The van der Waals surface area contributed by atoms with Gasteiger partial charge in [0, 0.05) is 18.8 Å². The number of hydrogen-bond acceptors (Lipinski definition) is 3. The monoisotopic (exact) mass is 222 g/mol. The second-order valence-electron chi connectivity index (χ2n) is 4.46. The first kappa shape index (κ1) is 11.1. The van der Waals surface area contributed by atoms with Crippen molar-refractivity contribution in [2.24, 2.45) is 11.7 Å². The van der Waals surface area contributed by atoms with Crippen LogP contribution < -0.4 is 11.1 Å². The molecule has 0 atom stereocenters. The Bertz CT molecular complexity index is 328. The molecule has 0 radical (unpaired) electrons. The average molecular weight is 222 g/mol. The minimum atomic E-state index is -0.0765. The second-order valence-corrected chi connectivity index (χ2v) is 4.46. The van der Waals surface area contributed by atoms with E-state index in [1.54, 1.807) is 12.3 Å². The number of aromatic nitrogens is 2. The number of nitrogens with one attached hydrogen (secondary N) is 2. The number of nitrogens with zero attached hydrogens (tertiary/aromatic N) is 1. The van der Waals surface area contributed by atoms with Gasteiger partial charge in [0.15, 0.2) is 0 Å². The van der Waals surface area contributed by atoms with Crippen LogP contribution in [0.25, 0.3) is 0 Å². The van der Waals surface area contributed by atoms with Gasteiger partial charge in [-0.2, -0.15) is 5.10 Å². The minimum absolute atomic E-state index is 0.0765. The van der Waals surface area contributed by atoms with Crippen LogP contribution in [0.2, 0.25) is 0 Å². The van der Waals surface area contributed by atoms with E-state index in [1.807, 2.05) is 0 Å². The second kappa shape index (κ2) is 5.12. The van der Waals surface area contributed by atoms with Crippen molar-refractivity contribution in [2.75, 3.05) is 6.54 Å². The fourth-order valence-corrected chi connectivity index (χ4v) is 2.11. The Balaban J connectivity index is 1.73. The molecule has 1 saturated carbocycles. The van der Waals surface area contributed by atoms with Gasteiger partial charge in [0.2, 0.25) is 0 Å². The third-order valence-corrected chi connectivity index (χ3v) is 3.19. The predicted molar refractivity (Wildman–Crippen MR) is 60.9 cm³/mol. The molecule has 1 aromatic heterocycles. The lowest BCUT2D eigenvalue weighted by Gasteiger charge is -2.25. The van der Waals surface area contributed by atoms with Crippen LogP contribution in [-0.4, -0.2) is 28.7 Å². The van der Waals surface area contributed by atoms with E-state index >= 15 is 0 Å². The summed E-state index contributed by atoms with van der Waals surface area (Å²) in [5.74, 6) is 0.499. The van der Waals surface area contributed by atoms with E-state index in [2.05, 4.69) is 15.5 Å². The van der Waals surface area contributed by atoms with Gasteiger partial charge in [0.1, 0.15) is 5.69 Å². The number of rotatable bonds is 3. The molecule has 16 heavy (non-hydrogen) atoms. The number of nitrogens with two attached hydrogens (primary N) is 1. The van der Waals surface area contributed by atoms with Crippen molar-refractivity contribution in [2.45, 2.75) is 31.7 Å². The minimum Gasteiger partial charge on any atom is -0.350 e. The summed E-state index contributed by atoms with van der Waals surface area (Å²) in [6.07, 6.45) is 5.96. The molecule has 1 aliphatic carbocycles. The van der Waals surface area contributed by atoms with Crippen molar-refractivity contribution in [1.82, 2.24) is 15.5 Å². The molecular weight excluding hydrogens is 204 g/mol. The van der Waals surface area contributed by atoms with Crippen LogP contribution in [-0.2, 0) is 0 Å². The maximum atomic E-state index is 11.6. The highest BCUT2D eigenvalue weighted by atomic mass is 16.1. The van der Waals surface area contributed by atoms with Gasteiger partial charge >= 0.3 is 0 Å². The Labute approximate surface area is 94.8 Å². The number of amides is 1. The molecule has 1 aromatic rings. The molecular formula is C11H18N4O. The molecule has 0 unspecified atom stereocenters. The van der Waals surface area contributed by atoms with Crippen LogP contribution >= 0.6 is 0 Å². The molecule has 1 aliphatic rings. The van der Waals surface area contributed by atoms with Crippen LogP contribution in [0.4, 0.5) is 0 Å². The number of aromatic amines is 1. The molecule has 0 aliphatic heterocycles. The van der Waals surface area contributed by atoms with Gasteiger partial charge in [-0.1, -0.05) is 0 Å². The fourth-order valence-electron chi connectivity index (χ4n) is 2.11. The third-order valence-electron chi connectivity index (χ3n) is 3.19. The molecule has 5 heteroatoms. The first-order valence-corrected chi connectivity index (χ1v) is 5.79. The number of hydrogen-bond donors (Lipinski definition) is 3. The highest BCUT2D eigenvalue weighted by molar-refractivity contribution is 5.92. The van der Waals surface area contributed by atoms with E-state index in [4.69, 9.17) is 5.73 Å². The first-order valence-electron chi connectivity index (χ1n) is 5.79. The molecule has 5 nitrogen and oxygen atoms in total. The summed E-state index contributed by atoms with van der Waals surface area (Å²) >= 11 is 0. The highest BCUT2D eigenvalue weighted by Crippen LogP contribution is 2.22.